The molecule has 1 aliphatic heterocycles. The summed E-state index contributed by atoms with van der Waals surface area (Å²) in [5, 5.41) is 0. The second-order valence-electron chi connectivity index (χ2n) is 6.20. The monoisotopic (exact) mass is 376 g/mol. The Morgan fingerprint density at radius 1 is 0.840 bits per heavy atom. The highest BCUT2D eigenvalue weighted by Gasteiger charge is 2.36. The lowest BCUT2D eigenvalue weighted by Crippen LogP contribution is -2.40. The fourth-order valence-corrected chi connectivity index (χ4v) is 4.16. The summed E-state index contributed by atoms with van der Waals surface area (Å²) in [6.45, 7) is 10.1. The molecular weight excluding hydrogens is 339 g/mol. The zero-order valence-electron chi connectivity index (χ0n) is 16.5. The Labute approximate surface area is 154 Å². The Bertz CT molecular complexity index is 410. The van der Waals surface area contributed by atoms with Gasteiger partial charge in [-0.25, -0.2) is 9.09 Å². The van der Waals surface area contributed by atoms with Crippen molar-refractivity contribution < 1.29 is 18.1 Å². The van der Waals surface area contributed by atoms with E-state index in [0.29, 0.717) is 13.2 Å². The molecule has 1 heterocycles. The van der Waals surface area contributed by atoms with Crippen LogP contribution in [0, 0.1) is 0 Å². The zero-order valence-corrected chi connectivity index (χ0v) is 17.4. The van der Waals surface area contributed by atoms with Crippen LogP contribution in [0.3, 0.4) is 0 Å². The van der Waals surface area contributed by atoms with Gasteiger partial charge in [0.1, 0.15) is 0 Å². The van der Waals surface area contributed by atoms with Crippen LogP contribution in [0.2, 0.25) is 0 Å². The van der Waals surface area contributed by atoms with Gasteiger partial charge in [0.2, 0.25) is 6.35 Å². The predicted octanol–water partition coefficient (Wildman–Crippen LogP) is 5.33. The van der Waals surface area contributed by atoms with Gasteiger partial charge in [-0.1, -0.05) is 45.4 Å². The van der Waals surface area contributed by atoms with Crippen molar-refractivity contribution in [2.75, 3.05) is 26.3 Å². The molecule has 6 nitrogen and oxygen atoms in total. The van der Waals surface area contributed by atoms with Crippen LogP contribution in [0.4, 0.5) is 0 Å². The second kappa shape index (κ2) is 12.7. The standard InChI is InChI=1S/C18H37N2O4P/c1-5-9-10-11-12-13-14-15-20-17-16-19(6-2)18(20)24-25(21,22-7-3)23-8-4/h16-18H,5-15H2,1-4H3. The lowest BCUT2D eigenvalue weighted by atomic mass is 10.1. The molecule has 1 atom stereocenters. The number of hydrogen-bond acceptors (Lipinski definition) is 6. The van der Waals surface area contributed by atoms with Crippen LogP contribution in [-0.2, 0) is 18.1 Å². The number of rotatable bonds is 15. The molecule has 1 rings (SSSR count). The normalized spacial score (nSPS) is 17.7. The third-order valence-corrected chi connectivity index (χ3v) is 5.80. The van der Waals surface area contributed by atoms with Gasteiger partial charge in [-0.05, 0) is 27.2 Å². The molecular formula is C18H37N2O4P. The second-order valence-corrected chi connectivity index (χ2v) is 7.82. The minimum Gasteiger partial charge on any atom is -0.334 e. The molecule has 0 saturated heterocycles. The van der Waals surface area contributed by atoms with Gasteiger partial charge in [0.05, 0.1) is 13.2 Å². The molecule has 0 amide bonds. The van der Waals surface area contributed by atoms with Gasteiger partial charge in [-0.15, -0.1) is 0 Å². The number of unbranched alkanes of at least 4 members (excludes halogenated alkanes) is 6. The van der Waals surface area contributed by atoms with E-state index in [-0.39, 0.29) is 0 Å². The molecule has 25 heavy (non-hydrogen) atoms. The van der Waals surface area contributed by atoms with Gasteiger partial charge in [-0.3, -0.25) is 9.05 Å². The van der Waals surface area contributed by atoms with Crippen molar-refractivity contribution in [3.63, 3.8) is 0 Å². The van der Waals surface area contributed by atoms with E-state index >= 15 is 0 Å². The van der Waals surface area contributed by atoms with Crippen molar-refractivity contribution in [1.82, 2.24) is 9.80 Å². The summed E-state index contributed by atoms with van der Waals surface area (Å²) in [6.07, 6.45) is 12.4. The van der Waals surface area contributed by atoms with Crippen LogP contribution in [0.15, 0.2) is 12.4 Å². The summed E-state index contributed by atoms with van der Waals surface area (Å²) in [7, 11) is -3.54. The highest BCUT2D eigenvalue weighted by Crippen LogP contribution is 2.51. The Hall–Kier alpha value is -0.550. The van der Waals surface area contributed by atoms with E-state index in [1.54, 1.807) is 13.8 Å². The first-order valence-corrected chi connectivity index (χ1v) is 11.3. The highest BCUT2D eigenvalue weighted by molar-refractivity contribution is 7.48. The zero-order chi connectivity index (χ0) is 18.5. The fraction of sp³-hybridized carbons (Fsp3) is 0.889. The molecule has 0 N–H and O–H groups in total. The average molecular weight is 376 g/mol. The first kappa shape index (κ1) is 22.5. The molecule has 0 radical (unpaired) electrons. The van der Waals surface area contributed by atoms with Crippen LogP contribution < -0.4 is 0 Å². The molecule has 0 bridgehead atoms. The van der Waals surface area contributed by atoms with E-state index in [4.69, 9.17) is 13.6 Å². The summed E-state index contributed by atoms with van der Waals surface area (Å²) >= 11 is 0. The lowest BCUT2D eigenvalue weighted by Gasteiger charge is -2.33. The van der Waals surface area contributed by atoms with Crippen molar-refractivity contribution >= 4 is 7.82 Å². The van der Waals surface area contributed by atoms with Crippen molar-refractivity contribution in [1.29, 1.82) is 0 Å². The quantitative estimate of drug-likeness (QED) is 0.284. The molecule has 0 aromatic rings. The molecule has 1 unspecified atom stereocenters. The Morgan fingerprint density at radius 2 is 1.40 bits per heavy atom. The van der Waals surface area contributed by atoms with Gasteiger partial charge in [-0.2, -0.15) is 0 Å². The van der Waals surface area contributed by atoms with E-state index in [1.165, 1.54) is 38.5 Å². The fourth-order valence-electron chi connectivity index (χ4n) is 2.86. The van der Waals surface area contributed by atoms with E-state index in [9.17, 15) is 4.57 Å². The van der Waals surface area contributed by atoms with Gasteiger partial charge >= 0.3 is 7.82 Å². The molecule has 0 aromatic carbocycles. The van der Waals surface area contributed by atoms with Crippen molar-refractivity contribution in [2.24, 2.45) is 0 Å². The molecule has 0 saturated carbocycles. The average Bonchev–Trinajstić information content (AvgIpc) is 2.96. The molecule has 0 fully saturated rings. The van der Waals surface area contributed by atoms with Gasteiger partial charge in [0.25, 0.3) is 0 Å². The first-order valence-electron chi connectivity index (χ1n) is 9.87. The van der Waals surface area contributed by atoms with E-state index in [2.05, 4.69) is 11.8 Å². The predicted molar refractivity (Wildman–Crippen MR) is 102 cm³/mol. The molecule has 0 spiro atoms. The third-order valence-electron chi connectivity index (χ3n) is 4.20. The van der Waals surface area contributed by atoms with E-state index < -0.39 is 14.2 Å². The Morgan fingerprint density at radius 3 is 1.96 bits per heavy atom. The van der Waals surface area contributed by atoms with E-state index in [1.807, 2.05) is 24.2 Å². The Kier molecular flexibility index (Phi) is 11.5. The molecule has 148 valence electrons. The molecule has 1 aliphatic rings. The summed E-state index contributed by atoms with van der Waals surface area (Å²) in [6, 6.07) is 0. The van der Waals surface area contributed by atoms with Crippen LogP contribution in [0.5, 0.6) is 0 Å². The number of nitrogens with zero attached hydrogens (tertiary/aromatic N) is 2. The van der Waals surface area contributed by atoms with Crippen molar-refractivity contribution in [2.45, 2.75) is 79.0 Å². The summed E-state index contributed by atoms with van der Waals surface area (Å²) in [5.41, 5.74) is 0. The van der Waals surface area contributed by atoms with Gasteiger partial charge in [0, 0.05) is 25.5 Å². The smallest absolute Gasteiger partial charge is 0.334 e. The minimum atomic E-state index is -3.54. The number of phosphoric ester groups is 1. The summed E-state index contributed by atoms with van der Waals surface area (Å²) < 4.78 is 29.1. The topological polar surface area (TPSA) is 51.2 Å². The molecule has 0 aromatic heterocycles. The Balaban J connectivity index is 2.48. The highest BCUT2D eigenvalue weighted by atomic mass is 31.2. The summed E-state index contributed by atoms with van der Waals surface area (Å²) in [4.78, 5) is 4.09. The van der Waals surface area contributed by atoms with Crippen molar-refractivity contribution in [3.05, 3.63) is 12.4 Å². The molecule has 7 heteroatoms. The van der Waals surface area contributed by atoms with Gasteiger partial charge < -0.3 is 9.80 Å². The van der Waals surface area contributed by atoms with E-state index in [0.717, 1.165) is 19.5 Å². The van der Waals surface area contributed by atoms with Crippen LogP contribution >= 0.6 is 7.82 Å². The third kappa shape index (κ3) is 8.12. The number of phosphoric acid groups is 1. The van der Waals surface area contributed by atoms with Gasteiger partial charge in [0.15, 0.2) is 0 Å². The summed E-state index contributed by atoms with van der Waals surface area (Å²) in [5.74, 6) is 0. The number of hydrogen-bond donors (Lipinski definition) is 0. The van der Waals surface area contributed by atoms with Crippen molar-refractivity contribution in [3.8, 4) is 0 Å². The van der Waals surface area contributed by atoms with Crippen LogP contribution in [0.25, 0.3) is 0 Å². The maximum atomic E-state index is 12.7. The maximum Gasteiger partial charge on any atom is 0.478 e. The maximum absolute atomic E-state index is 12.7. The SMILES string of the molecule is CCCCCCCCCN1C=CN(CC)C1OP(=O)(OCC)OCC. The van der Waals surface area contributed by atoms with Crippen LogP contribution in [0.1, 0.15) is 72.6 Å². The molecule has 0 aliphatic carbocycles. The first-order chi connectivity index (χ1) is 12.1. The van der Waals surface area contributed by atoms with Crippen LogP contribution in [-0.4, -0.2) is 42.5 Å². The largest absolute Gasteiger partial charge is 0.478 e. The minimum absolute atomic E-state index is 0.293. The lowest BCUT2D eigenvalue weighted by molar-refractivity contribution is -0.0523.